The first kappa shape index (κ1) is 15.5. The number of carboxylic acid groups (broad SMARTS) is 1. The number of nitrogens with one attached hydrogen (secondary N) is 1. The van der Waals surface area contributed by atoms with Gasteiger partial charge in [0.1, 0.15) is 6.61 Å². The Kier molecular flexibility index (Phi) is 4.55. The number of fused-ring (bicyclic) bond motifs is 1. The molecule has 2 unspecified atom stereocenters. The van der Waals surface area contributed by atoms with Crippen molar-refractivity contribution >= 4 is 12.0 Å². The third-order valence-electron chi connectivity index (χ3n) is 4.11. The molecule has 1 aromatic rings. The van der Waals surface area contributed by atoms with Crippen LogP contribution in [-0.2, 0) is 4.79 Å². The van der Waals surface area contributed by atoms with Crippen LogP contribution in [0.3, 0.4) is 0 Å². The number of hydrogen-bond donors (Lipinski definition) is 2. The Balaban J connectivity index is 1.49. The molecule has 2 aliphatic rings. The summed E-state index contributed by atoms with van der Waals surface area (Å²) in [7, 11) is 0. The molecule has 0 saturated carbocycles. The SMILES string of the molecule is O=C(O)C1CCCN(C(=O)NCC2COc3ccccc3O2)C1. The molecule has 0 aliphatic carbocycles. The van der Waals surface area contributed by atoms with Crippen molar-refractivity contribution in [2.45, 2.75) is 18.9 Å². The Labute approximate surface area is 134 Å². The van der Waals surface area contributed by atoms with Gasteiger partial charge in [-0.2, -0.15) is 0 Å². The van der Waals surface area contributed by atoms with Gasteiger partial charge in [-0.05, 0) is 25.0 Å². The number of rotatable bonds is 3. The first-order valence-corrected chi connectivity index (χ1v) is 7.77. The van der Waals surface area contributed by atoms with E-state index < -0.39 is 11.9 Å². The Morgan fingerprint density at radius 3 is 2.87 bits per heavy atom. The van der Waals surface area contributed by atoms with Gasteiger partial charge in [-0.25, -0.2) is 4.79 Å². The Bertz CT molecular complexity index is 592. The lowest BCUT2D eigenvalue weighted by Gasteiger charge is -2.32. The van der Waals surface area contributed by atoms with E-state index in [4.69, 9.17) is 14.6 Å². The first-order valence-electron chi connectivity index (χ1n) is 7.77. The average molecular weight is 320 g/mol. The third kappa shape index (κ3) is 3.67. The third-order valence-corrected chi connectivity index (χ3v) is 4.11. The molecule has 0 bridgehead atoms. The molecule has 7 nitrogen and oxygen atoms in total. The number of piperidine rings is 1. The van der Waals surface area contributed by atoms with E-state index in [1.807, 2.05) is 24.3 Å². The molecule has 2 heterocycles. The number of ether oxygens (including phenoxy) is 2. The standard InChI is InChI=1S/C16H20N2O5/c19-15(20)11-4-3-7-18(9-11)16(21)17-8-12-10-22-13-5-1-2-6-14(13)23-12/h1-2,5-6,11-12H,3-4,7-10H2,(H,17,21)(H,19,20). The van der Waals surface area contributed by atoms with Gasteiger partial charge in [0, 0.05) is 13.1 Å². The van der Waals surface area contributed by atoms with E-state index >= 15 is 0 Å². The molecule has 1 saturated heterocycles. The molecule has 1 fully saturated rings. The van der Waals surface area contributed by atoms with Crippen molar-refractivity contribution in [1.29, 1.82) is 0 Å². The van der Waals surface area contributed by atoms with E-state index in [0.717, 1.165) is 0 Å². The van der Waals surface area contributed by atoms with Gasteiger partial charge in [-0.1, -0.05) is 12.1 Å². The fourth-order valence-electron chi connectivity index (χ4n) is 2.84. The van der Waals surface area contributed by atoms with Crippen LogP contribution < -0.4 is 14.8 Å². The minimum absolute atomic E-state index is 0.251. The second-order valence-electron chi connectivity index (χ2n) is 5.81. The fourth-order valence-corrected chi connectivity index (χ4v) is 2.84. The number of carbonyl (C=O) groups is 2. The summed E-state index contributed by atoms with van der Waals surface area (Å²) in [6.45, 7) is 1.53. The number of amides is 2. The molecule has 124 valence electrons. The molecular weight excluding hydrogens is 300 g/mol. The van der Waals surface area contributed by atoms with Crippen LogP contribution >= 0.6 is 0 Å². The van der Waals surface area contributed by atoms with Crippen molar-refractivity contribution < 1.29 is 24.2 Å². The smallest absolute Gasteiger partial charge is 0.317 e. The first-order chi connectivity index (χ1) is 11.1. The summed E-state index contributed by atoms with van der Waals surface area (Å²) < 4.78 is 11.4. The van der Waals surface area contributed by atoms with Gasteiger partial charge in [0.25, 0.3) is 0 Å². The van der Waals surface area contributed by atoms with E-state index in [1.54, 1.807) is 4.90 Å². The second-order valence-corrected chi connectivity index (χ2v) is 5.81. The summed E-state index contributed by atoms with van der Waals surface area (Å²) in [5.41, 5.74) is 0. The predicted octanol–water partition coefficient (Wildman–Crippen LogP) is 1.33. The molecule has 3 rings (SSSR count). The number of nitrogens with zero attached hydrogens (tertiary/aromatic N) is 1. The summed E-state index contributed by atoms with van der Waals surface area (Å²) in [5.74, 6) is 0.0519. The molecule has 0 spiro atoms. The van der Waals surface area contributed by atoms with E-state index in [2.05, 4.69) is 5.32 Å². The van der Waals surface area contributed by atoms with Crippen LogP contribution in [0.15, 0.2) is 24.3 Å². The van der Waals surface area contributed by atoms with E-state index in [-0.39, 0.29) is 18.7 Å². The molecule has 2 N–H and O–H groups in total. The van der Waals surface area contributed by atoms with Gasteiger partial charge in [-0.3, -0.25) is 4.79 Å². The van der Waals surface area contributed by atoms with Crippen molar-refractivity contribution in [2.24, 2.45) is 5.92 Å². The Morgan fingerprint density at radius 2 is 2.09 bits per heavy atom. The largest absolute Gasteiger partial charge is 0.486 e. The van der Waals surface area contributed by atoms with Gasteiger partial charge in [0.15, 0.2) is 17.6 Å². The van der Waals surface area contributed by atoms with E-state index in [9.17, 15) is 9.59 Å². The minimum Gasteiger partial charge on any atom is -0.486 e. The maximum Gasteiger partial charge on any atom is 0.317 e. The number of para-hydroxylation sites is 2. The van der Waals surface area contributed by atoms with Gasteiger partial charge >= 0.3 is 12.0 Å². The highest BCUT2D eigenvalue weighted by Gasteiger charge is 2.29. The summed E-state index contributed by atoms with van der Waals surface area (Å²) in [6, 6.07) is 7.15. The maximum atomic E-state index is 12.2. The van der Waals surface area contributed by atoms with Gasteiger partial charge in [0.2, 0.25) is 0 Å². The number of carbonyl (C=O) groups excluding carboxylic acids is 1. The van der Waals surface area contributed by atoms with Gasteiger partial charge in [-0.15, -0.1) is 0 Å². The normalized spacial score (nSPS) is 23.2. The average Bonchev–Trinajstić information content (AvgIpc) is 2.59. The second kappa shape index (κ2) is 6.76. The molecule has 0 radical (unpaired) electrons. The zero-order valence-corrected chi connectivity index (χ0v) is 12.7. The number of urea groups is 1. The van der Waals surface area contributed by atoms with Crippen molar-refractivity contribution in [1.82, 2.24) is 10.2 Å². The lowest BCUT2D eigenvalue weighted by Crippen LogP contribution is -2.50. The van der Waals surface area contributed by atoms with E-state index in [1.165, 1.54) is 0 Å². The molecule has 0 aromatic heterocycles. The number of aliphatic carboxylic acids is 1. The Hall–Kier alpha value is -2.44. The highest BCUT2D eigenvalue weighted by Crippen LogP contribution is 2.30. The van der Waals surface area contributed by atoms with Crippen molar-refractivity contribution in [3.05, 3.63) is 24.3 Å². The van der Waals surface area contributed by atoms with Crippen molar-refractivity contribution in [2.75, 3.05) is 26.2 Å². The maximum absolute atomic E-state index is 12.2. The van der Waals surface area contributed by atoms with Gasteiger partial charge in [0.05, 0.1) is 12.5 Å². The Morgan fingerprint density at radius 1 is 1.30 bits per heavy atom. The lowest BCUT2D eigenvalue weighted by molar-refractivity contribution is -0.143. The number of hydrogen-bond acceptors (Lipinski definition) is 4. The molecule has 7 heteroatoms. The van der Waals surface area contributed by atoms with Crippen molar-refractivity contribution in [3.63, 3.8) is 0 Å². The zero-order valence-electron chi connectivity index (χ0n) is 12.7. The predicted molar refractivity (Wildman–Crippen MR) is 81.7 cm³/mol. The molecule has 2 atom stereocenters. The molecule has 1 aromatic carbocycles. The summed E-state index contributed by atoms with van der Waals surface area (Å²) >= 11 is 0. The van der Waals surface area contributed by atoms with Crippen LogP contribution in [0.5, 0.6) is 11.5 Å². The number of benzene rings is 1. The summed E-state index contributed by atoms with van der Waals surface area (Å²) in [6.07, 6.45) is 1.07. The molecular formula is C16H20N2O5. The van der Waals surface area contributed by atoms with E-state index in [0.29, 0.717) is 44.0 Å². The lowest BCUT2D eigenvalue weighted by atomic mass is 9.99. The van der Waals surface area contributed by atoms with Crippen LogP contribution in [0.2, 0.25) is 0 Å². The van der Waals surface area contributed by atoms with Crippen LogP contribution in [0, 0.1) is 5.92 Å². The fraction of sp³-hybridized carbons (Fsp3) is 0.500. The van der Waals surface area contributed by atoms with Gasteiger partial charge < -0.3 is 24.8 Å². The quantitative estimate of drug-likeness (QED) is 0.877. The van der Waals surface area contributed by atoms with Crippen molar-refractivity contribution in [3.8, 4) is 11.5 Å². The highest BCUT2D eigenvalue weighted by molar-refractivity contribution is 5.76. The number of likely N-dealkylation sites (tertiary alicyclic amines) is 1. The van der Waals surface area contributed by atoms with Crippen LogP contribution in [0.1, 0.15) is 12.8 Å². The highest BCUT2D eigenvalue weighted by atomic mass is 16.6. The van der Waals surface area contributed by atoms with Crippen LogP contribution in [0.4, 0.5) is 4.79 Å². The zero-order chi connectivity index (χ0) is 16.2. The topological polar surface area (TPSA) is 88.1 Å². The minimum atomic E-state index is -0.844. The monoisotopic (exact) mass is 320 g/mol. The van der Waals surface area contributed by atoms with Crippen LogP contribution in [0.25, 0.3) is 0 Å². The number of carboxylic acids is 1. The molecule has 2 aliphatic heterocycles. The summed E-state index contributed by atoms with van der Waals surface area (Å²) in [5, 5.41) is 11.9. The summed E-state index contributed by atoms with van der Waals surface area (Å²) in [4.78, 5) is 24.8. The molecule has 2 amide bonds. The molecule has 23 heavy (non-hydrogen) atoms. The van der Waals surface area contributed by atoms with Crippen LogP contribution in [-0.4, -0.2) is 54.4 Å².